The van der Waals surface area contributed by atoms with E-state index < -0.39 is 0 Å². The van der Waals surface area contributed by atoms with Crippen LogP contribution in [0.3, 0.4) is 0 Å². The zero-order chi connectivity index (χ0) is 17.8. The highest BCUT2D eigenvalue weighted by molar-refractivity contribution is 5.96. The molecule has 7 nitrogen and oxygen atoms in total. The number of rotatable bonds is 3. The molecule has 3 rings (SSSR count). The van der Waals surface area contributed by atoms with Gasteiger partial charge in [0.15, 0.2) is 0 Å². The van der Waals surface area contributed by atoms with Crippen LogP contribution in [-0.2, 0) is 0 Å². The molecule has 136 valence electrons. The van der Waals surface area contributed by atoms with Gasteiger partial charge in [0, 0.05) is 52.4 Å². The van der Waals surface area contributed by atoms with Gasteiger partial charge in [-0.3, -0.25) is 9.59 Å². The maximum Gasteiger partial charge on any atom is 0.272 e. The van der Waals surface area contributed by atoms with Gasteiger partial charge in [0.25, 0.3) is 11.8 Å². The molecule has 1 aromatic heterocycles. The predicted octanol–water partition coefficient (Wildman–Crippen LogP) is 0.247. The van der Waals surface area contributed by atoms with Crippen LogP contribution in [0.1, 0.15) is 27.9 Å². The van der Waals surface area contributed by atoms with Crippen molar-refractivity contribution < 1.29 is 9.59 Å². The Kier molecular flexibility index (Phi) is 5.65. The van der Waals surface area contributed by atoms with E-state index >= 15 is 0 Å². The van der Waals surface area contributed by atoms with Crippen LogP contribution in [0.2, 0.25) is 0 Å². The Bertz CT molecular complexity index is 620. The summed E-state index contributed by atoms with van der Waals surface area (Å²) in [7, 11) is 2.05. The number of carbonyl (C=O) groups is 2. The second-order valence-electron chi connectivity index (χ2n) is 6.73. The first-order valence-electron chi connectivity index (χ1n) is 9.05. The van der Waals surface area contributed by atoms with Crippen molar-refractivity contribution in [3.63, 3.8) is 0 Å². The molecule has 0 spiro atoms. The lowest BCUT2D eigenvalue weighted by atomic mass is 10.2. The van der Waals surface area contributed by atoms with E-state index in [1.54, 1.807) is 18.2 Å². The highest BCUT2D eigenvalue weighted by Crippen LogP contribution is 2.10. The number of carbonyl (C=O) groups excluding carboxylic acids is 2. The fourth-order valence-electron chi connectivity index (χ4n) is 3.27. The van der Waals surface area contributed by atoms with Gasteiger partial charge >= 0.3 is 0 Å². The van der Waals surface area contributed by atoms with Crippen molar-refractivity contribution in [1.82, 2.24) is 24.6 Å². The number of aromatic nitrogens is 1. The van der Waals surface area contributed by atoms with Gasteiger partial charge in [-0.25, -0.2) is 4.98 Å². The van der Waals surface area contributed by atoms with Crippen molar-refractivity contribution >= 4 is 11.8 Å². The number of pyridine rings is 1. The zero-order valence-corrected chi connectivity index (χ0v) is 15.1. The van der Waals surface area contributed by atoms with E-state index in [-0.39, 0.29) is 11.8 Å². The second-order valence-corrected chi connectivity index (χ2v) is 6.73. The van der Waals surface area contributed by atoms with Crippen LogP contribution in [0.5, 0.6) is 0 Å². The van der Waals surface area contributed by atoms with E-state index in [1.165, 1.54) is 0 Å². The molecule has 2 fully saturated rings. The first-order valence-corrected chi connectivity index (χ1v) is 9.05. The highest BCUT2D eigenvalue weighted by Gasteiger charge is 2.25. The first kappa shape index (κ1) is 17.8. The maximum absolute atomic E-state index is 12.7. The number of hydrogen-bond donors (Lipinski definition) is 0. The van der Waals surface area contributed by atoms with Crippen molar-refractivity contribution in [3.05, 3.63) is 29.6 Å². The van der Waals surface area contributed by atoms with Gasteiger partial charge in [-0.2, -0.15) is 0 Å². The predicted molar refractivity (Wildman–Crippen MR) is 95.7 cm³/mol. The normalized spacial score (nSPS) is 19.9. The fourth-order valence-corrected chi connectivity index (χ4v) is 3.27. The number of nitrogens with zero attached hydrogens (tertiary/aromatic N) is 5. The molecule has 0 aliphatic carbocycles. The third-order valence-corrected chi connectivity index (χ3v) is 5.08. The van der Waals surface area contributed by atoms with Crippen LogP contribution in [0.25, 0.3) is 0 Å². The zero-order valence-electron chi connectivity index (χ0n) is 15.1. The molecule has 7 heteroatoms. The van der Waals surface area contributed by atoms with Crippen LogP contribution in [0, 0.1) is 0 Å². The molecule has 0 atom stereocenters. The van der Waals surface area contributed by atoms with E-state index in [4.69, 9.17) is 0 Å². The van der Waals surface area contributed by atoms with Crippen LogP contribution >= 0.6 is 0 Å². The molecule has 2 saturated heterocycles. The molecule has 25 heavy (non-hydrogen) atoms. The van der Waals surface area contributed by atoms with Crippen LogP contribution in [0.15, 0.2) is 18.2 Å². The second kappa shape index (κ2) is 7.93. The number of likely N-dealkylation sites (N-methyl/N-ethyl adjacent to an activating group) is 2. The van der Waals surface area contributed by atoms with E-state index in [9.17, 15) is 9.59 Å². The van der Waals surface area contributed by atoms with Gasteiger partial charge < -0.3 is 19.6 Å². The van der Waals surface area contributed by atoms with Gasteiger partial charge in [0.05, 0.1) is 0 Å². The summed E-state index contributed by atoms with van der Waals surface area (Å²) in [4.78, 5) is 37.9. The number of piperazine rings is 2. The third kappa shape index (κ3) is 4.16. The number of hydrogen-bond acceptors (Lipinski definition) is 5. The molecule has 2 aliphatic heterocycles. The molecular weight excluding hydrogens is 318 g/mol. The largest absolute Gasteiger partial charge is 0.335 e. The van der Waals surface area contributed by atoms with E-state index in [0.717, 1.165) is 32.7 Å². The summed E-state index contributed by atoms with van der Waals surface area (Å²) >= 11 is 0. The number of amides is 2. The fraction of sp³-hybridized carbons (Fsp3) is 0.611. The summed E-state index contributed by atoms with van der Waals surface area (Å²) in [6.07, 6.45) is 0. The molecular formula is C18H27N5O2. The van der Waals surface area contributed by atoms with Gasteiger partial charge in [0.1, 0.15) is 11.4 Å². The SMILES string of the molecule is CCN1CCN(C(=O)c2cccc(C(=O)N3CCN(C)CC3)n2)CC1. The average molecular weight is 345 g/mol. The van der Waals surface area contributed by atoms with Gasteiger partial charge in [-0.05, 0) is 25.7 Å². The summed E-state index contributed by atoms with van der Waals surface area (Å²) in [6.45, 7) is 9.49. The van der Waals surface area contributed by atoms with Crippen LogP contribution in [0.4, 0.5) is 0 Å². The van der Waals surface area contributed by atoms with E-state index in [1.807, 2.05) is 9.80 Å². The first-order chi connectivity index (χ1) is 12.1. The molecule has 0 radical (unpaired) electrons. The standard InChI is InChI=1S/C18H27N5O2/c1-3-21-9-13-23(14-10-21)18(25)16-6-4-5-15(19-16)17(24)22-11-7-20(2)8-12-22/h4-6H,3,7-14H2,1-2H3. The average Bonchev–Trinajstić information content (AvgIpc) is 2.67. The molecule has 0 saturated carbocycles. The van der Waals surface area contributed by atoms with Gasteiger partial charge in [-0.15, -0.1) is 0 Å². The van der Waals surface area contributed by atoms with Crippen molar-refractivity contribution in [2.24, 2.45) is 0 Å². The Morgan fingerprint density at radius 3 is 1.84 bits per heavy atom. The summed E-state index contributed by atoms with van der Waals surface area (Å²) < 4.78 is 0. The molecule has 0 unspecified atom stereocenters. The van der Waals surface area contributed by atoms with Crippen molar-refractivity contribution in [1.29, 1.82) is 0 Å². The minimum atomic E-state index is -0.0847. The molecule has 0 aromatic carbocycles. The molecule has 0 N–H and O–H groups in total. The molecule has 2 amide bonds. The summed E-state index contributed by atoms with van der Waals surface area (Å²) in [5.41, 5.74) is 0.729. The van der Waals surface area contributed by atoms with Gasteiger partial charge in [-0.1, -0.05) is 13.0 Å². The Balaban J connectivity index is 1.67. The smallest absolute Gasteiger partial charge is 0.272 e. The lowest BCUT2D eigenvalue weighted by molar-refractivity contribution is 0.0635. The lowest BCUT2D eigenvalue weighted by Crippen LogP contribution is -2.49. The topological polar surface area (TPSA) is 60.0 Å². The summed E-state index contributed by atoms with van der Waals surface area (Å²) in [5.74, 6) is -0.165. The Hall–Kier alpha value is -1.99. The molecule has 2 aliphatic rings. The van der Waals surface area contributed by atoms with Gasteiger partial charge in [0.2, 0.25) is 0 Å². The molecule has 0 bridgehead atoms. The van der Waals surface area contributed by atoms with E-state index in [2.05, 4.69) is 28.8 Å². The van der Waals surface area contributed by atoms with Crippen LogP contribution < -0.4 is 0 Å². The Morgan fingerprint density at radius 1 is 0.880 bits per heavy atom. The highest BCUT2D eigenvalue weighted by atomic mass is 16.2. The molecule has 3 heterocycles. The van der Waals surface area contributed by atoms with E-state index in [0.29, 0.717) is 37.6 Å². The third-order valence-electron chi connectivity index (χ3n) is 5.08. The monoisotopic (exact) mass is 345 g/mol. The summed E-state index contributed by atoms with van der Waals surface area (Å²) in [6, 6.07) is 5.16. The lowest BCUT2D eigenvalue weighted by Gasteiger charge is -2.34. The van der Waals surface area contributed by atoms with Crippen LogP contribution in [-0.4, -0.2) is 102 Å². The Morgan fingerprint density at radius 2 is 1.36 bits per heavy atom. The van der Waals surface area contributed by atoms with Crippen molar-refractivity contribution in [3.8, 4) is 0 Å². The maximum atomic E-state index is 12.7. The summed E-state index contributed by atoms with van der Waals surface area (Å²) in [5, 5.41) is 0. The van der Waals surface area contributed by atoms with Crippen molar-refractivity contribution in [2.75, 3.05) is 66.0 Å². The Labute approximate surface area is 149 Å². The minimum Gasteiger partial charge on any atom is -0.335 e. The molecule has 1 aromatic rings. The van der Waals surface area contributed by atoms with Crippen molar-refractivity contribution in [2.45, 2.75) is 6.92 Å². The quantitative estimate of drug-likeness (QED) is 0.786. The minimum absolute atomic E-state index is 0.0798.